The molecule has 0 bridgehead atoms. The summed E-state index contributed by atoms with van der Waals surface area (Å²) in [6.07, 6.45) is 3.21. The first kappa shape index (κ1) is 12.9. The van der Waals surface area contributed by atoms with Crippen molar-refractivity contribution in [2.45, 2.75) is 13.8 Å². The molecule has 2 heterocycles. The Balaban J connectivity index is 2.70. The molecule has 2 aromatic rings. The van der Waals surface area contributed by atoms with Crippen molar-refractivity contribution in [3.63, 3.8) is 0 Å². The molecular formula is C13H13FN4O. The predicted octanol–water partition coefficient (Wildman–Crippen LogP) is 1.99. The first-order valence-corrected chi connectivity index (χ1v) is 5.60. The van der Waals surface area contributed by atoms with Gasteiger partial charge in [-0.25, -0.2) is 9.37 Å². The van der Waals surface area contributed by atoms with Crippen molar-refractivity contribution in [1.82, 2.24) is 9.97 Å². The summed E-state index contributed by atoms with van der Waals surface area (Å²) in [5.41, 5.74) is 7.77. The number of oxime groups is 1. The van der Waals surface area contributed by atoms with E-state index in [2.05, 4.69) is 15.1 Å². The zero-order valence-electron chi connectivity index (χ0n) is 10.6. The summed E-state index contributed by atoms with van der Waals surface area (Å²) in [5, 5.41) is 11.6. The van der Waals surface area contributed by atoms with Crippen LogP contribution >= 0.6 is 0 Å². The molecule has 98 valence electrons. The largest absolute Gasteiger partial charge is 0.409 e. The fraction of sp³-hybridized carbons (Fsp3) is 0.154. The van der Waals surface area contributed by atoms with Crippen LogP contribution in [0, 0.1) is 19.7 Å². The molecule has 0 aliphatic heterocycles. The molecule has 3 N–H and O–H groups in total. The summed E-state index contributed by atoms with van der Waals surface area (Å²) in [6, 6.07) is 3.23. The van der Waals surface area contributed by atoms with Gasteiger partial charge in [0, 0.05) is 23.5 Å². The van der Waals surface area contributed by atoms with Crippen LogP contribution in [0.2, 0.25) is 0 Å². The number of hydrogen-bond donors (Lipinski definition) is 2. The highest BCUT2D eigenvalue weighted by molar-refractivity contribution is 5.96. The Morgan fingerprint density at radius 3 is 2.74 bits per heavy atom. The van der Waals surface area contributed by atoms with Crippen molar-refractivity contribution in [1.29, 1.82) is 0 Å². The van der Waals surface area contributed by atoms with Gasteiger partial charge in [0.15, 0.2) is 11.7 Å². The fourth-order valence-electron chi connectivity index (χ4n) is 1.78. The van der Waals surface area contributed by atoms with E-state index in [1.54, 1.807) is 18.5 Å². The lowest BCUT2D eigenvalue weighted by Crippen LogP contribution is -2.16. The van der Waals surface area contributed by atoms with Gasteiger partial charge in [0.2, 0.25) is 0 Å². The van der Waals surface area contributed by atoms with Gasteiger partial charge in [-0.1, -0.05) is 5.16 Å². The van der Waals surface area contributed by atoms with Crippen LogP contribution in [0.3, 0.4) is 0 Å². The molecule has 0 amide bonds. The number of nitrogens with zero attached hydrogens (tertiary/aromatic N) is 3. The Hall–Kier alpha value is -2.50. The topological polar surface area (TPSA) is 84.4 Å². The Kier molecular flexibility index (Phi) is 3.41. The van der Waals surface area contributed by atoms with E-state index in [9.17, 15) is 4.39 Å². The van der Waals surface area contributed by atoms with Gasteiger partial charge < -0.3 is 10.9 Å². The van der Waals surface area contributed by atoms with Gasteiger partial charge in [-0.05, 0) is 31.5 Å². The number of hydrogen-bond acceptors (Lipinski definition) is 4. The van der Waals surface area contributed by atoms with Crippen LogP contribution in [0.1, 0.15) is 17.0 Å². The zero-order chi connectivity index (χ0) is 14.0. The maximum absolute atomic E-state index is 14.2. The Morgan fingerprint density at radius 2 is 2.11 bits per heavy atom. The number of nitrogens with two attached hydrogens (primary N) is 1. The molecule has 2 rings (SSSR count). The highest BCUT2D eigenvalue weighted by Gasteiger charge is 2.15. The minimum absolute atomic E-state index is 0.161. The standard InChI is InChI=1S/C13H13FN4O/c1-7-3-4-16-6-10(7)9-5-11(13(15)18-19)17-8(2)12(9)14/h3-6,19H,1-2H3,(H2,15,18). The lowest BCUT2D eigenvalue weighted by molar-refractivity contribution is 0.318. The normalized spacial score (nSPS) is 11.6. The van der Waals surface area contributed by atoms with Crippen LogP contribution < -0.4 is 5.73 Å². The van der Waals surface area contributed by atoms with Crippen LogP contribution in [0.15, 0.2) is 29.7 Å². The molecule has 0 aliphatic carbocycles. The molecule has 0 aliphatic rings. The number of halogens is 1. The van der Waals surface area contributed by atoms with Gasteiger partial charge in [0.05, 0.1) is 5.69 Å². The van der Waals surface area contributed by atoms with Crippen molar-refractivity contribution >= 4 is 5.84 Å². The Morgan fingerprint density at radius 1 is 1.37 bits per heavy atom. The number of rotatable bonds is 2. The van der Waals surface area contributed by atoms with E-state index in [1.807, 2.05) is 6.92 Å². The molecule has 19 heavy (non-hydrogen) atoms. The second-order valence-corrected chi connectivity index (χ2v) is 4.13. The van der Waals surface area contributed by atoms with Gasteiger partial charge in [0.1, 0.15) is 5.69 Å². The number of aryl methyl sites for hydroxylation is 2. The molecule has 0 unspecified atom stereocenters. The molecule has 0 fully saturated rings. The summed E-state index contributed by atoms with van der Waals surface area (Å²) < 4.78 is 14.2. The molecular weight excluding hydrogens is 247 g/mol. The Labute approximate surface area is 109 Å². The lowest BCUT2D eigenvalue weighted by atomic mass is 10.0. The van der Waals surface area contributed by atoms with E-state index >= 15 is 0 Å². The third kappa shape index (κ3) is 2.37. The number of pyridine rings is 2. The molecule has 5 nitrogen and oxygen atoms in total. The molecule has 0 saturated carbocycles. The van der Waals surface area contributed by atoms with Gasteiger partial charge in [-0.15, -0.1) is 0 Å². The van der Waals surface area contributed by atoms with Crippen molar-refractivity contribution in [2.24, 2.45) is 10.9 Å². The van der Waals surface area contributed by atoms with Crippen molar-refractivity contribution in [3.8, 4) is 11.1 Å². The van der Waals surface area contributed by atoms with Crippen molar-refractivity contribution in [3.05, 3.63) is 47.3 Å². The molecule has 6 heteroatoms. The fourth-order valence-corrected chi connectivity index (χ4v) is 1.78. The van der Waals surface area contributed by atoms with Gasteiger partial charge in [0.25, 0.3) is 0 Å². The predicted molar refractivity (Wildman–Crippen MR) is 69.4 cm³/mol. The third-order valence-electron chi connectivity index (χ3n) is 2.82. The first-order valence-electron chi connectivity index (χ1n) is 5.60. The summed E-state index contributed by atoms with van der Waals surface area (Å²) >= 11 is 0. The average Bonchev–Trinajstić information content (AvgIpc) is 2.41. The van der Waals surface area contributed by atoms with Crippen LogP contribution in [0.4, 0.5) is 4.39 Å². The van der Waals surface area contributed by atoms with Gasteiger partial charge >= 0.3 is 0 Å². The van der Waals surface area contributed by atoms with Crippen LogP contribution in [0.5, 0.6) is 0 Å². The Bertz CT molecular complexity index is 655. The van der Waals surface area contributed by atoms with Gasteiger partial charge in [-0.2, -0.15) is 0 Å². The number of amidine groups is 1. The van der Waals surface area contributed by atoms with E-state index < -0.39 is 5.82 Å². The molecule has 0 radical (unpaired) electrons. The van der Waals surface area contributed by atoms with E-state index in [0.717, 1.165) is 5.56 Å². The third-order valence-corrected chi connectivity index (χ3v) is 2.82. The monoisotopic (exact) mass is 260 g/mol. The minimum atomic E-state index is -0.439. The molecule has 0 atom stereocenters. The quantitative estimate of drug-likeness (QED) is 0.374. The smallest absolute Gasteiger partial charge is 0.188 e. The minimum Gasteiger partial charge on any atom is -0.409 e. The molecule has 0 saturated heterocycles. The van der Waals surface area contributed by atoms with Crippen LogP contribution in [-0.2, 0) is 0 Å². The van der Waals surface area contributed by atoms with E-state index in [1.165, 1.54) is 13.0 Å². The highest BCUT2D eigenvalue weighted by Crippen LogP contribution is 2.27. The van der Waals surface area contributed by atoms with Crippen LogP contribution in [0.25, 0.3) is 11.1 Å². The molecule has 2 aromatic heterocycles. The van der Waals surface area contributed by atoms with E-state index in [-0.39, 0.29) is 17.2 Å². The second kappa shape index (κ2) is 5.01. The maximum Gasteiger partial charge on any atom is 0.188 e. The molecule has 0 spiro atoms. The second-order valence-electron chi connectivity index (χ2n) is 4.13. The summed E-state index contributed by atoms with van der Waals surface area (Å²) in [6.45, 7) is 3.38. The molecule has 0 aromatic carbocycles. The zero-order valence-corrected chi connectivity index (χ0v) is 10.6. The van der Waals surface area contributed by atoms with Crippen LogP contribution in [-0.4, -0.2) is 21.0 Å². The first-order chi connectivity index (χ1) is 9.04. The average molecular weight is 260 g/mol. The van der Waals surface area contributed by atoms with Crippen molar-refractivity contribution < 1.29 is 9.60 Å². The number of aromatic nitrogens is 2. The van der Waals surface area contributed by atoms with Crippen molar-refractivity contribution in [2.75, 3.05) is 0 Å². The van der Waals surface area contributed by atoms with E-state index in [4.69, 9.17) is 10.9 Å². The summed E-state index contributed by atoms with van der Waals surface area (Å²) in [4.78, 5) is 7.94. The highest BCUT2D eigenvalue weighted by atomic mass is 19.1. The SMILES string of the molecule is Cc1ccncc1-c1cc(C(N)=NO)nc(C)c1F. The summed E-state index contributed by atoms with van der Waals surface area (Å²) in [7, 11) is 0. The summed E-state index contributed by atoms with van der Waals surface area (Å²) in [5.74, 6) is -0.600. The maximum atomic E-state index is 14.2. The lowest BCUT2D eigenvalue weighted by Gasteiger charge is -2.10. The van der Waals surface area contributed by atoms with E-state index in [0.29, 0.717) is 11.1 Å². The van der Waals surface area contributed by atoms with Gasteiger partial charge in [-0.3, -0.25) is 4.98 Å².